The molecule has 4 N–H and O–H groups in total. The highest BCUT2D eigenvalue weighted by Gasteiger charge is 2.34. The van der Waals surface area contributed by atoms with Gasteiger partial charge in [-0.1, -0.05) is 0 Å². The van der Waals surface area contributed by atoms with Crippen LogP contribution in [0.5, 0.6) is 0 Å². The van der Waals surface area contributed by atoms with Gasteiger partial charge in [-0.15, -0.1) is 0 Å². The van der Waals surface area contributed by atoms with Crippen molar-refractivity contribution in [3.8, 4) is 0 Å². The van der Waals surface area contributed by atoms with Crippen LogP contribution >= 0.6 is 7.75 Å². The van der Waals surface area contributed by atoms with Crippen molar-refractivity contribution in [3.63, 3.8) is 0 Å². The minimum atomic E-state index is -4.54. The van der Waals surface area contributed by atoms with Crippen LogP contribution in [0.3, 0.4) is 0 Å². The lowest BCUT2D eigenvalue weighted by atomic mass is 10.3. The molecule has 0 saturated heterocycles. The van der Waals surface area contributed by atoms with E-state index in [0.717, 1.165) is 0 Å². The molecule has 0 unspecified atom stereocenters. The Kier molecular flexibility index (Phi) is 4.06. The standard InChI is InChI=1S/C6H15N2O4P/c1-4(2)8(13(10,11)12)6(9)5(3)7/h4-5H,7H2,1-3H3,(H2,10,11,12)/t5-/m0/s1. The van der Waals surface area contributed by atoms with E-state index in [-0.39, 0.29) is 0 Å². The minimum Gasteiger partial charge on any atom is -0.320 e. The SMILES string of the molecule is CC(C)N(C(=O)[C@H](C)N)P(=O)(O)O. The van der Waals surface area contributed by atoms with Crippen LogP contribution in [-0.4, -0.2) is 32.4 Å². The zero-order valence-corrected chi connectivity index (χ0v) is 8.73. The van der Waals surface area contributed by atoms with Crippen LogP contribution in [0, 0.1) is 0 Å². The Hall–Kier alpha value is -0.420. The second-order valence-corrected chi connectivity index (χ2v) is 4.54. The molecular weight excluding hydrogens is 195 g/mol. The second kappa shape index (κ2) is 4.19. The van der Waals surface area contributed by atoms with Crippen molar-refractivity contribution in [3.05, 3.63) is 0 Å². The summed E-state index contributed by atoms with van der Waals surface area (Å²) in [7, 11) is -4.54. The summed E-state index contributed by atoms with van der Waals surface area (Å²) in [6.07, 6.45) is 0. The quantitative estimate of drug-likeness (QED) is 0.553. The molecule has 1 amide bonds. The number of nitrogens with two attached hydrogens (primary N) is 1. The molecule has 6 nitrogen and oxygen atoms in total. The second-order valence-electron chi connectivity index (χ2n) is 3.08. The lowest BCUT2D eigenvalue weighted by Gasteiger charge is -2.28. The Morgan fingerprint density at radius 2 is 1.77 bits per heavy atom. The molecule has 78 valence electrons. The summed E-state index contributed by atoms with van der Waals surface area (Å²) >= 11 is 0. The van der Waals surface area contributed by atoms with Gasteiger partial charge in [-0.2, -0.15) is 0 Å². The molecule has 7 heteroatoms. The molecule has 0 aliphatic rings. The van der Waals surface area contributed by atoms with Crippen molar-refractivity contribution in [2.45, 2.75) is 32.9 Å². The van der Waals surface area contributed by atoms with E-state index < -0.39 is 25.7 Å². The van der Waals surface area contributed by atoms with Crippen molar-refractivity contribution in [1.82, 2.24) is 4.67 Å². The van der Waals surface area contributed by atoms with Crippen molar-refractivity contribution >= 4 is 13.7 Å². The summed E-state index contributed by atoms with van der Waals surface area (Å²) in [6, 6.07) is -1.48. The summed E-state index contributed by atoms with van der Waals surface area (Å²) < 4.78 is 11.4. The molecule has 13 heavy (non-hydrogen) atoms. The first-order valence-electron chi connectivity index (χ1n) is 3.82. The fourth-order valence-corrected chi connectivity index (χ4v) is 1.93. The first kappa shape index (κ1) is 12.6. The molecule has 0 bridgehead atoms. The van der Waals surface area contributed by atoms with E-state index in [0.29, 0.717) is 4.67 Å². The average Bonchev–Trinajstić information content (AvgIpc) is 1.82. The fraction of sp³-hybridized carbons (Fsp3) is 0.833. The summed E-state index contributed by atoms with van der Waals surface area (Å²) in [6.45, 7) is 4.41. The van der Waals surface area contributed by atoms with Gasteiger partial charge in [0, 0.05) is 6.04 Å². The molecule has 0 rings (SSSR count). The number of nitrogens with zero attached hydrogens (tertiary/aromatic N) is 1. The highest BCUT2D eigenvalue weighted by atomic mass is 31.2. The van der Waals surface area contributed by atoms with E-state index in [1.807, 2.05) is 0 Å². The molecule has 0 aliphatic carbocycles. The van der Waals surface area contributed by atoms with E-state index in [2.05, 4.69) is 0 Å². The van der Waals surface area contributed by atoms with Gasteiger partial charge < -0.3 is 15.5 Å². The molecule has 0 aromatic rings. The zero-order chi connectivity index (χ0) is 10.8. The van der Waals surface area contributed by atoms with Gasteiger partial charge in [0.25, 0.3) is 0 Å². The zero-order valence-electron chi connectivity index (χ0n) is 7.84. The first-order chi connectivity index (χ1) is 5.68. The molecule has 0 saturated carbocycles. The summed E-state index contributed by atoms with van der Waals surface area (Å²) in [4.78, 5) is 28.9. The Bertz CT molecular complexity index is 235. The highest BCUT2D eigenvalue weighted by molar-refractivity contribution is 7.50. The fourth-order valence-electron chi connectivity index (χ4n) is 0.892. The molecule has 0 spiro atoms. The largest absolute Gasteiger partial charge is 0.432 e. The third-order valence-electron chi connectivity index (χ3n) is 1.39. The van der Waals surface area contributed by atoms with Crippen molar-refractivity contribution in [2.24, 2.45) is 5.73 Å². The molecular formula is C6H15N2O4P. The van der Waals surface area contributed by atoms with Crippen LogP contribution < -0.4 is 5.73 Å². The number of hydrogen-bond acceptors (Lipinski definition) is 3. The molecule has 0 radical (unpaired) electrons. The van der Waals surface area contributed by atoms with Crippen LogP contribution in [0.4, 0.5) is 0 Å². The van der Waals surface area contributed by atoms with Gasteiger partial charge in [-0.3, -0.25) is 4.79 Å². The molecule has 1 atom stereocenters. The molecule has 0 aromatic carbocycles. The van der Waals surface area contributed by atoms with Crippen LogP contribution in [-0.2, 0) is 9.36 Å². The van der Waals surface area contributed by atoms with Gasteiger partial charge in [0.05, 0.1) is 6.04 Å². The van der Waals surface area contributed by atoms with Crippen molar-refractivity contribution < 1.29 is 19.1 Å². The summed E-state index contributed by atoms with van der Waals surface area (Å²) in [5.74, 6) is -0.747. The number of rotatable bonds is 3. The maximum Gasteiger partial charge on any atom is 0.432 e. The molecule has 0 fully saturated rings. The lowest BCUT2D eigenvalue weighted by molar-refractivity contribution is -0.129. The van der Waals surface area contributed by atoms with Crippen LogP contribution in [0.2, 0.25) is 0 Å². The topological polar surface area (TPSA) is 104 Å². The van der Waals surface area contributed by atoms with Gasteiger partial charge in [-0.25, -0.2) is 9.24 Å². The molecule has 0 heterocycles. The average molecular weight is 210 g/mol. The van der Waals surface area contributed by atoms with E-state index in [1.54, 1.807) is 0 Å². The predicted molar refractivity (Wildman–Crippen MR) is 47.7 cm³/mol. The van der Waals surface area contributed by atoms with E-state index in [1.165, 1.54) is 20.8 Å². The Balaban J connectivity index is 4.84. The third kappa shape index (κ3) is 3.44. The van der Waals surface area contributed by atoms with Crippen molar-refractivity contribution in [2.75, 3.05) is 0 Å². The van der Waals surface area contributed by atoms with Gasteiger partial charge in [0.15, 0.2) is 0 Å². The Morgan fingerprint density at radius 1 is 1.38 bits per heavy atom. The number of hydrogen-bond donors (Lipinski definition) is 3. The number of carbonyl (C=O) groups is 1. The van der Waals surface area contributed by atoms with Crippen molar-refractivity contribution in [1.29, 1.82) is 0 Å². The van der Waals surface area contributed by atoms with E-state index >= 15 is 0 Å². The number of carbonyl (C=O) groups excluding carboxylic acids is 1. The summed E-state index contributed by atoms with van der Waals surface area (Å²) in [5.41, 5.74) is 5.24. The maximum atomic E-state index is 11.2. The molecule has 0 aromatic heterocycles. The van der Waals surface area contributed by atoms with Gasteiger partial charge >= 0.3 is 7.75 Å². The normalized spacial score (nSPS) is 14.4. The minimum absolute atomic E-state index is 0.498. The van der Waals surface area contributed by atoms with Gasteiger partial charge in [-0.05, 0) is 20.8 Å². The van der Waals surface area contributed by atoms with Gasteiger partial charge in [0.2, 0.25) is 5.91 Å². The van der Waals surface area contributed by atoms with Crippen LogP contribution in [0.25, 0.3) is 0 Å². The number of amides is 1. The first-order valence-corrected chi connectivity index (χ1v) is 5.39. The van der Waals surface area contributed by atoms with E-state index in [9.17, 15) is 9.36 Å². The maximum absolute atomic E-state index is 11.2. The Labute approximate surface area is 76.9 Å². The van der Waals surface area contributed by atoms with Crippen LogP contribution in [0.1, 0.15) is 20.8 Å². The third-order valence-corrected chi connectivity index (χ3v) is 2.61. The predicted octanol–water partition coefficient (Wildman–Crippen LogP) is -0.337. The molecule has 0 aliphatic heterocycles. The lowest BCUT2D eigenvalue weighted by Crippen LogP contribution is -2.43. The van der Waals surface area contributed by atoms with Gasteiger partial charge in [0.1, 0.15) is 0 Å². The van der Waals surface area contributed by atoms with E-state index in [4.69, 9.17) is 15.5 Å². The van der Waals surface area contributed by atoms with Crippen LogP contribution in [0.15, 0.2) is 0 Å². The Morgan fingerprint density at radius 3 is 1.85 bits per heavy atom. The highest BCUT2D eigenvalue weighted by Crippen LogP contribution is 2.41. The summed E-state index contributed by atoms with van der Waals surface area (Å²) in [5, 5.41) is 0. The smallest absolute Gasteiger partial charge is 0.320 e. The monoisotopic (exact) mass is 210 g/mol.